The zero-order valence-electron chi connectivity index (χ0n) is 11.2. The second kappa shape index (κ2) is 5.81. The summed E-state index contributed by atoms with van der Waals surface area (Å²) in [6.45, 7) is 1.76. The van der Waals surface area contributed by atoms with E-state index >= 15 is 0 Å². The predicted molar refractivity (Wildman–Crippen MR) is 68.2 cm³/mol. The minimum absolute atomic E-state index is 0.0406. The first kappa shape index (κ1) is 14.8. The number of hydrogen-bond donors (Lipinski definition) is 1. The van der Waals surface area contributed by atoms with Crippen LogP contribution in [0.4, 0.5) is 13.2 Å². The first-order valence-corrected chi connectivity index (χ1v) is 6.67. The van der Waals surface area contributed by atoms with E-state index in [1.807, 2.05) is 0 Å². The summed E-state index contributed by atoms with van der Waals surface area (Å²) in [7, 11) is 0. The second-order valence-corrected chi connectivity index (χ2v) is 5.24. The van der Waals surface area contributed by atoms with Crippen LogP contribution >= 0.6 is 0 Å². The number of pyridine rings is 1. The molecule has 1 aromatic rings. The summed E-state index contributed by atoms with van der Waals surface area (Å²) in [5, 5.41) is 2.66. The summed E-state index contributed by atoms with van der Waals surface area (Å²) in [5.41, 5.74) is 0.952. The maximum atomic E-state index is 12.7. The maximum Gasteiger partial charge on any atom is 0.391 e. The van der Waals surface area contributed by atoms with E-state index in [-0.39, 0.29) is 18.5 Å². The molecular formula is C14H17F3N2O. The highest BCUT2D eigenvalue weighted by atomic mass is 19.4. The second-order valence-electron chi connectivity index (χ2n) is 5.24. The molecular weight excluding hydrogens is 269 g/mol. The maximum absolute atomic E-state index is 12.7. The average molecular weight is 286 g/mol. The van der Waals surface area contributed by atoms with E-state index in [1.54, 1.807) is 25.1 Å². The highest BCUT2D eigenvalue weighted by molar-refractivity contribution is 5.92. The van der Waals surface area contributed by atoms with E-state index in [4.69, 9.17) is 0 Å². The van der Waals surface area contributed by atoms with Crippen molar-refractivity contribution in [1.29, 1.82) is 0 Å². The number of hydrogen-bond acceptors (Lipinski definition) is 2. The lowest BCUT2D eigenvalue weighted by Gasteiger charge is -2.30. The molecule has 1 amide bonds. The quantitative estimate of drug-likeness (QED) is 0.907. The van der Waals surface area contributed by atoms with Crippen LogP contribution in [0.3, 0.4) is 0 Å². The Kier molecular flexibility index (Phi) is 4.30. The summed E-state index contributed by atoms with van der Waals surface area (Å²) in [5.74, 6) is -1.71. The number of halogens is 3. The minimum atomic E-state index is -4.18. The molecule has 1 fully saturated rings. The lowest BCUT2D eigenvalue weighted by atomic mass is 9.85. The van der Waals surface area contributed by atoms with E-state index in [1.165, 1.54) is 0 Å². The number of carbonyl (C=O) groups excluding carboxylic acids is 1. The molecule has 1 aliphatic rings. The molecule has 1 heterocycles. The number of rotatable bonds is 2. The molecule has 2 rings (SSSR count). The number of nitrogens with zero attached hydrogens (tertiary/aromatic N) is 1. The van der Waals surface area contributed by atoms with Gasteiger partial charge in [-0.1, -0.05) is 12.5 Å². The van der Waals surface area contributed by atoms with Crippen molar-refractivity contribution in [3.05, 3.63) is 29.6 Å². The summed E-state index contributed by atoms with van der Waals surface area (Å²) in [6.07, 6.45) is -2.99. The molecule has 1 aliphatic carbocycles. The predicted octanol–water partition coefficient (Wildman–Crippen LogP) is 3.24. The summed E-state index contributed by atoms with van der Waals surface area (Å²) >= 11 is 0. The number of aryl methyl sites for hydroxylation is 1. The van der Waals surface area contributed by atoms with Gasteiger partial charge in [0.05, 0.1) is 5.92 Å². The summed E-state index contributed by atoms with van der Waals surface area (Å²) < 4.78 is 38.1. The molecule has 1 saturated carbocycles. The third kappa shape index (κ3) is 3.71. The van der Waals surface area contributed by atoms with E-state index in [0.29, 0.717) is 18.5 Å². The Hall–Kier alpha value is -1.59. The van der Waals surface area contributed by atoms with E-state index in [0.717, 1.165) is 0 Å². The Morgan fingerprint density at radius 3 is 2.75 bits per heavy atom. The Bertz CT molecular complexity index is 488. The van der Waals surface area contributed by atoms with E-state index in [9.17, 15) is 18.0 Å². The molecule has 0 saturated heterocycles. The fourth-order valence-electron chi connectivity index (χ4n) is 2.55. The Labute approximate surface area is 115 Å². The molecule has 20 heavy (non-hydrogen) atoms. The lowest BCUT2D eigenvalue weighted by Crippen LogP contribution is -2.41. The van der Waals surface area contributed by atoms with Crippen molar-refractivity contribution in [1.82, 2.24) is 10.3 Å². The van der Waals surface area contributed by atoms with Gasteiger partial charge in [-0.3, -0.25) is 4.79 Å². The van der Waals surface area contributed by atoms with Gasteiger partial charge in [0.1, 0.15) is 5.69 Å². The van der Waals surface area contributed by atoms with Gasteiger partial charge in [0, 0.05) is 11.7 Å². The van der Waals surface area contributed by atoms with Gasteiger partial charge >= 0.3 is 6.18 Å². The normalized spacial score (nSPS) is 23.4. The summed E-state index contributed by atoms with van der Waals surface area (Å²) in [6, 6.07) is 4.60. The molecule has 1 aromatic heterocycles. The molecule has 0 unspecified atom stereocenters. The number of nitrogens with one attached hydrogen (secondary N) is 1. The Morgan fingerprint density at radius 2 is 2.10 bits per heavy atom. The van der Waals surface area contributed by atoms with Gasteiger partial charge in [0.2, 0.25) is 0 Å². The minimum Gasteiger partial charge on any atom is -0.348 e. The first-order chi connectivity index (χ1) is 9.36. The molecule has 3 nitrogen and oxygen atoms in total. The standard InChI is InChI=1S/C14H17F3N2O/c1-9-4-2-7-12(18-9)13(20)19-11-6-3-5-10(8-11)14(15,16)17/h2,4,7,10-11H,3,5-6,8H2,1H3,(H,19,20)/t10-,11-/m0/s1. The van der Waals surface area contributed by atoms with Gasteiger partial charge in [-0.15, -0.1) is 0 Å². The Balaban J connectivity index is 1.98. The molecule has 0 aliphatic heterocycles. The van der Waals surface area contributed by atoms with Crippen LogP contribution in [0.5, 0.6) is 0 Å². The van der Waals surface area contributed by atoms with Crippen molar-refractivity contribution in [3.63, 3.8) is 0 Å². The van der Waals surface area contributed by atoms with E-state index < -0.39 is 24.0 Å². The molecule has 2 atom stereocenters. The van der Waals surface area contributed by atoms with Crippen molar-refractivity contribution in [3.8, 4) is 0 Å². The van der Waals surface area contributed by atoms with Crippen LogP contribution < -0.4 is 5.32 Å². The third-order valence-corrected chi connectivity index (χ3v) is 3.59. The van der Waals surface area contributed by atoms with Gasteiger partial charge in [-0.2, -0.15) is 13.2 Å². The molecule has 1 N–H and O–H groups in total. The molecule has 0 spiro atoms. The smallest absolute Gasteiger partial charge is 0.348 e. The highest BCUT2D eigenvalue weighted by Crippen LogP contribution is 2.37. The average Bonchev–Trinajstić information content (AvgIpc) is 2.38. The third-order valence-electron chi connectivity index (χ3n) is 3.59. The van der Waals surface area contributed by atoms with Crippen molar-refractivity contribution in [2.75, 3.05) is 0 Å². The van der Waals surface area contributed by atoms with Crippen LogP contribution in [-0.2, 0) is 0 Å². The van der Waals surface area contributed by atoms with Crippen LogP contribution in [0, 0.1) is 12.8 Å². The van der Waals surface area contributed by atoms with Crippen molar-refractivity contribution in [2.24, 2.45) is 5.92 Å². The number of carbonyl (C=O) groups is 1. The van der Waals surface area contributed by atoms with Crippen molar-refractivity contribution in [2.45, 2.75) is 44.8 Å². The molecule has 6 heteroatoms. The Morgan fingerprint density at radius 1 is 1.35 bits per heavy atom. The number of alkyl halides is 3. The van der Waals surface area contributed by atoms with Gasteiger partial charge < -0.3 is 5.32 Å². The number of aromatic nitrogens is 1. The fraction of sp³-hybridized carbons (Fsp3) is 0.571. The van der Waals surface area contributed by atoms with Crippen LogP contribution in [-0.4, -0.2) is 23.1 Å². The zero-order valence-corrected chi connectivity index (χ0v) is 11.2. The molecule has 0 aromatic carbocycles. The SMILES string of the molecule is Cc1cccc(C(=O)N[C@H]2CCC[C@H](C(F)(F)F)C2)n1. The molecule has 0 radical (unpaired) electrons. The van der Waals surface area contributed by atoms with Crippen LogP contribution in [0.1, 0.15) is 41.9 Å². The van der Waals surface area contributed by atoms with Gasteiger partial charge in [0.25, 0.3) is 5.91 Å². The lowest BCUT2D eigenvalue weighted by molar-refractivity contribution is -0.183. The van der Waals surface area contributed by atoms with Crippen LogP contribution in [0.25, 0.3) is 0 Å². The van der Waals surface area contributed by atoms with Crippen LogP contribution in [0.2, 0.25) is 0 Å². The van der Waals surface area contributed by atoms with Crippen molar-refractivity contribution < 1.29 is 18.0 Å². The molecule has 0 bridgehead atoms. The van der Waals surface area contributed by atoms with Gasteiger partial charge in [0.15, 0.2) is 0 Å². The van der Waals surface area contributed by atoms with Gasteiger partial charge in [-0.05, 0) is 38.3 Å². The highest BCUT2D eigenvalue weighted by Gasteiger charge is 2.42. The summed E-state index contributed by atoms with van der Waals surface area (Å²) in [4.78, 5) is 16.0. The first-order valence-electron chi connectivity index (χ1n) is 6.67. The topological polar surface area (TPSA) is 42.0 Å². The van der Waals surface area contributed by atoms with Crippen molar-refractivity contribution >= 4 is 5.91 Å². The van der Waals surface area contributed by atoms with Crippen LogP contribution in [0.15, 0.2) is 18.2 Å². The number of amides is 1. The zero-order chi connectivity index (χ0) is 14.8. The molecule has 110 valence electrons. The monoisotopic (exact) mass is 286 g/mol. The fourth-order valence-corrected chi connectivity index (χ4v) is 2.55. The van der Waals surface area contributed by atoms with E-state index in [2.05, 4.69) is 10.3 Å². The largest absolute Gasteiger partial charge is 0.391 e. The van der Waals surface area contributed by atoms with Gasteiger partial charge in [-0.25, -0.2) is 4.98 Å².